The lowest BCUT2D eigenvalue weighted by Gasteiger charge is -2.08. The Morgan fingerprint density at radius 3 is 1.64 bits per heavy atom. The van der Waals surface area contributed by atoms with Crippen molar-refractivity contribution < 1.29 is 9.59 Å². The number of aromatic amines is 1. The highest BCUT2D eigenvalue weighted by atomic mass is 16.1. The fourth-order valence-corrected chi connectivity index (χ4v) is 4.01. The number of carbonyl (C=O) groups excluding carboxylic acids is 2. The second-order valence-electron chi connectivity index (χ2n) is 7.77. The molecule has 0 saturated heterocycles. The Balaban J connectivity index is 1.75. The van der Waals surface area contributed by atoms with Crippen molar-refractivity contribution in [1.29, 1.82) is 0 Å². The highest BCUT2D eigenvalue weighted by molar-refractivity contribution is 6.33. The first-order valence-electron chi connectivity index (χ1n) is 10.8. The van der Waals surface area contributed by atoms with Gasteiger partial charge in [-0.2, -0.15) is 0 Å². The predicted molar refractivity (Wildman–Crippen MR) is 133 cm³/mol. The normalized spacial score (nSPS) is 10.7. The molecular weight excluding hydrogens is 406 g/mol. The third-order valence-corrected chi connectivity index (χ3v) is 5.66. The van der Waals surface area contributed by atoms with Gasteiger partial charge in [0.2, 0.25) is 0 Å². The number of hydrogen-bond acceptors (Lipinski definition) is 2. The standard InChI is InChI=1S/C30H21NO2/c32-29(22-14-6-2-7-15-22)26(30(33)23-16-8-3-9-17-23)20-25-24-18-10-11-19-27(24)31-28(25)21-12-4-1-5-13-21/h1-20,31H. The van der Waals surface area contributed by atoms with Crippen molar-refractivity contribution in [2.45, 2.75) is 0 Å². The number of para-hydroxylation sites is 1. The monoisotopic (exact) mass is 427 g/mol. The van der Waals surface area contributed by atoms with Gasteiger partial charge >= 0.3 is 0 Å². The molecule has 33 heavy (non-hydrogen) atoms. The molecule has 0 aliphatic heterocycles. The second kappa shape index (κ2) is 8.93. The van der Waals surface area contributed by atoms with E-state index in [1.54, 1.807) is 54.6 Å². The molecule has 0 bridgehead atoms. The first-order chi connectivity index (χ1) is 16.2. The molecule has 1 N–H and O–H groups in total. The van der Waals surface area contributed by atoms with E-state index in [-0.39, 0.29) is 17.1 Å². The summed E-state index contributed by atoms with van der Waals surface area (Å²) in [6.07, 6.45) is 1.74. The molecule has 1 aromatic heterocycles. The Morgan fingerprint density at radius 1 is 0.576 bits per heavy atom. The molecule has 0 aliphatic carbocycles. The molecule has 0 radical (unpaired) electrons. The van der Waals surface area contributed by atoms with Crippen molar-refractivity contribution in [3.05, 3.63) is 138 Å². The summed E-state index contributed by atoms with van der Waals surface area (Å²) in [7, 11) is 0. The quantitative estimate of drug-likeness (QED) is 0.137. The zero-order valence-corrected chi connectivity index (χ0v) is 17.9. The number of carbonyl (C=O) groups is 2. The zero-order chi connectivity index (χ0) is 22.6. The topological polar surface area (TPSA) is 49.9 Å². The maximum Gasteiger partial charge on any atom is 0.196 e. The third-order valence-electron chi connectivity index (χ3n) is 5.66. The van der Waals surface area contributed by atoms with Gasteiger partial charge in [0.1, 0.15) is 0 Å². The minimum atomic E-state index is -0.297. The average Bonchev–Trinajstić information content (AvgIpc) is 3.26. The summed E-state index contributed by atoms with van der Waals surface area (Å²) < 4.78 is 0. The van der Waals surface area contributed by atoms with E-state index in [4.69, 9.17) is 0 Å². The molecule has 0 saturated carbocycles. The Bertz CT molecular complexity index is 1410. The van der Waals surface area contributed by atoms with Gasteiger partial charge in [-0.15, -0.1) is 0 Å². The number of fused-ring (bicyclic) bond motifs is 1. The molecule has 3 heteroatoms. The van der Waals surface area contributed by atoms with Gasteiger partial charge < -0.3 is 4.98 Å². The number of Topliss-reactive ketones (excluding diaryl/α,β-unsaturated/α-hetero) is 2. The lowest BCUT2D eigenvalue weighted by molar-refractivity contribution is 0.0964. The number of rotatable bonds is 6. The largest absolute Gasteiger partial charge is 0.354 e. The smallest absolute Gasteiger partial charge is 0.196 e. The molecule has 158 valence electrons. The highest BCUT2D eigenvalue weighted by Gasteiger charge is 2.23. The van der Waals surface area contributed by atoms with Gasteiger partial charge in [0, 0.05) is 27.6 Å². The van der Waals surface area contributed by atoms with E-state index >= 15 is 0 Å². The van der Waals surface area contributed by atoms with E-state index in [1.165, 1.54) is 0 Å². The van der Waals surface area contributed by atoms with E-state index in [2.05, 4.69) is 4.98 Å². The zero-order valence-electron chi connectivity index (χ0n) is 17.9. The van der Waals surface area contributed by atoms with E-state index < -0.39 is 0 Å². The van der Waals surface area contributed by atoms with Gasteiger partial charge in [0.25, 0.3) is 0 Å². The van der Waals surface area contributed by atoms with Crippen molar-refractivity contribution in [2.24, 2.45) is 0 Å². The number of H-pyrrole nitrogens is 1. The first kappa shape index (κ1) is 20.4. The minimum Gasteiger partial charge on any atom is -0.354 e. The molecular formula is C30H21NO2. The molecule has 1 heterocycles. The van der Waals surface area contributed by atoms with Crippen LogP contribution < -0.4 is 0 Å². The molecule has 0 amide bonds. The Kier molecular flexibility index (Phi) is 5.52. The van der Waals surface area contributed by atoms with Crippen LogP contribution in [0.3, 0.4) is 0 Å². The van der Waals surface area contributed by atoms with Gasteiger partial charge in [-0.25, -0.2) is 0 Å². The van der Waals surface area contributed by atoms with Crippen LogP contribution in [-0.4, -0.2) is 16.6 Å². The predicted octanol–water partition coefficient (Wildman–Crippen LogP) is 6.98. The van der Waals surface area contributed by atoms with Crippen molar-refractivity contribution in [2.75, 3.05) is 0 Å². The van der Waals surface area contributed by atoms with Crippen LogP contribution in [0.25, 0.3) is 28.2 Å². The number of allylic oxidation sites excluding steroid dienone is 1. The summed E-state index contributed by atoms with van der Waals surface area (Å²) in [5, 5.41) is 0.954. The van der Waals surface area contributed by atoms with Gasteiger partial charge in [0.05, 0.1) is 11.3 Å². The summed E-state index contributed by atoms with van der Waals surface area (Å²) in [6.45, 7) is 0. The van der Waals surface area contributed by atoms with Crippen LogP contribution in [0.2, 0.25) is 0 Å². The van der Waals surface area contributed by atoms with Crippen LogP contribution in [-0.2, 0) is 0 Å². The van der Waals surface area contributed by atoms with E-state index in [9.17, 15) is 9.59 Å². The fourth-order valence-electron chi connectivity index (χ4n) is 4.01. The highest BCUT2D eigenvalue weighted by Crippen LogP contribution is 2.33. The lowest BCUT2D eigenvalue weighted by atomic mass is 9.92. The van der Waals surface area contributed by atoms with Crippen LogP contribution in [0.5, 0.6) is 0 Å². The Morgan fingerprint density at radius 2 is 1.06 bits per heavy atom. The fraction of sp³-hybridized carbons (Fsp3) is 0. The Hall–Kier alpha value is -4.50. The van der Waals surface area contributed by atoms with Crippen LogP contribution in [0.1, 0.15) is 26.3 Å². The third kappa shape index (κ3) is 4.04. The molecule has 4 aromatic carbocycles. The van der Waals surface area contributed by atoms with E-state index in [0.29, 0.717) is 11.1 Å². The lowest BCUT2D eigenvalue weighted by Crippen LogP contribution is -2.13. The molecule has 3 nitrogen and oxygen atoms in total. The van der Waals surface area contributed by atoms with E-state index in [0.717, 1.165) is 27.7 Å². The summed E-state index contributed by atoms with van der Waals surface area (Å²) in [4.78, 5) is 30.6. The van der Waals surface area contributed by atoms with Crippen molar-refractivity contribution in [1.82, 2.24) is 4.98 Å². The number of hydrogen-bond donors (Lipinski definition) is 1. The SMILES string of the molecule is O=C(C(=Cc1c(-c2ccccc2)[nH]c2ccccc12)C(=O)c1ccccc1)c1ccccc1. The average molecular weight is 428 g/mol. The number of ketones is 2. The summed E-state index contributed by atoms with van der Waals surface area (Å²) >= 11 is 0. The van der Waals surface area contributed by atoms with Crippen LogP contribution >= 0.6 is 0 Å². The summed E-state index contributed by atoms with van der Waals surface area (Å²) in [5.41, 5.74) is 4.72. The molecule has 0 spiro atoms. The second-order valence-corrected chi connectivity index (χ2v) is 7.77. The summed E-state index contributed by atoms with van der Waals surface area (Å²) in [5.74, 6) is -0.595. The van der Waals surface area contributed by atoms with Gasteiger partial charge in [-0.1, -0.05) is 109 Å². The maximum atomic E-state index is 13.6. The molecule has 0 atom stereocenters. The minimum absolute atomic E-state index is 0.134. The summed E-state index contributed by atoms with van der Waals surface area (Å²) in [6, 6.07) is 35.7. The number of aromatic nitrogens is 1. The van der Waals surface area contributed by atoms with Crippen LogP contribution in [0.4, 0.5) is 0 Å². The van der Waals surface area contributed by atoms with Crippen molar-refractivity contribution in [3.63, 3.8) is 0 Å². The van der Waals surface area contributed by atoms with Crippen LogP contribution in [0.15, 0.2) is 121 Å². The molecule has 0 aliphatic rings. The van der Waals surface area contributed by atoms with Crippen molar-refractivity contribution in [3.8, 4) is 11.3 Å². The number of benzene rings is 4. The van der Waals surface area contributed by atoms with Crippen LogP contribution in [0, 0.1) is 0 Å². The van der Waals surface area contributed by atoms with Gasteiger partial charge in [-0.05, 0) is 17.7 Å². The van der Waals surface area contributed by atoms with Gasteiger partial charge in [-0.3, -0.25) is 9.59 Å². The molecule has 5 aromatic rings. The van der Waals surface area contributed by atoms with E-state index in [1.807, 2.05) is 66.7 Å². The van der Waals surface area contributed by atoms with Gasteiger partial charge in [0.15, 0.2) is 11.6 Å². The Labute approximate surface area is 192 Å². The molecule has 0 fully saturated rings. The molecule has 0 unspecified atom stereocenters. The van der Waals surface area contributed by atoms with Crippen molar-refractivity contribution >= 4 is 28.5 Å². The first-order valence-corrected chi connectivity index (χ1v) is 10.8. The number of nitrogens with one attached hydrogen (secondary N) is 1. The maximum absolute atomic E-state index is 13.6. The molecule has 5 rings (SSSR count).